The van der Waals surface area contributed by atoms with Crippen LogP contribution in [0.5, 0.6) is 5.75 Å². The number of benzene rings is 2. The van der Waals surface area contributed by atoms with Crippen LogP contribution in [0, 0.1) is 0 Å². The average Bonchev–Trinajstić information content (AvgIpc) is 2.65. The molecule has 0 atom stereocenters. The molecular weight excluding hydrogens is 340 g/mol. The summed E-state index contributed by atoms with van der Waals surface area (Å²) in [6, 6.07) is 20.2. The van der Waals surface area contributed by atoms with Gasteiger partial charge in [-0.25, -0.2) is 9.78 Å². The molecule has 1 heterocycles. The van der Waals surface area contributed by atoms with Gasteiger partial charge in [0.25, 0.3) is 0 Å². The lowest BCUT2D eigenvalue weighted by Crippen LogP contribution is -2.19. The van der Waals surface area contributed by atoms with E-state index in [0.717, 1.165) is 17.1 Å². The van der Waals surface area contributed by atoms with Gasteiger partial charge < -0.3 is 20.7 Å². The van der Waals surface area contributed by atoms with Crippen LogP contribution in [0.15, 0.2) is 72.9 Å². The van der Waals surface area contributed by atoms with E-state index in [1.165, 1.54) is 0 Å². The summed E-state index contributed by atoms with van der Waals surface area (Å²) in [5, 5.41) is 8.72. The maximum absolute atomic E-state index is 12.0. The van der Waals surface area contributed by atoms with Crippen molar-refractivity contribution in [2.45, 2.75) is 20.0 Å². The molecule has 0 aliphatic rings. The fourth-order valence-electron chi connectivity index (χ4n) is 2.39. The van der Waals surface area contributed by atoms with Crippen LogP contribution in [0.3, 0.4) is 0 Å². The van der Waals surface area contributed by atoms with E-state index in [1.807, 2.05) is 68.4 Å². The number of para-hydroxylation sites is 1. The van der Waals surface area contributed by atoms with Crippen molar-refractivity contribution in [2.75, 3.05) is 16.0 Å². The summed E-state index contributed by atoms with van der Waals surface area (Å²) in [5.74, 6) is 1.51. The van der Waals surface area contributed by atoms with Gasteiger partial charge in [0.15, 0.2) is 0 Å². The van der Waals surface area contributed by atoms with Crippen LogP contribution in [-0.4, -0.2) is 17.1 Å². The maximum atomic E-state index is 12.0. The maximum Gasteiger partial charge on any atom is 0.323 e. The first-order valence-electron chi connectivity index (χ1n) is 8.71. The molecule has 3 rings (SSSR count). The molecule has 0 bridgehead atoms. The van der Waals surface area contributed by atoms with Crippen LogP contribution < -0.4 is 20.7 Å². The molecule has 6 heteroatoms. The fourth-order valence-corrected chi connectivity index (χ4v) is 2.39. The number of pyridine rings is 1. The Morgan fingerprint density at radius 2 is 1.52 bits per heavy atom. The van der Waals surface area contributed by atoms with Crippen molar-refractivity contribution in [3.8, 4) is 5.75 Å². The highest BCUT2D eigenvalue weighted by atomic mass is 16.5. The minimum Gasteiger partial charge on any atom is -0.491 e. The van der Waals surface area contributed by atoms with Gasteiger partial charge in [0.05, 0.1) is 18.0 Å². The summed E-state index contributed by atoms with van der Waals surface area (Å²) >= 11 is 0. The minimum absolute atomic E-state index is 0.143. The zero-order valence-corrected chi connectivity index (χ0v) is 15.3. The highest BCUT2D eigenvalue weighted by Crippen LogP contribution is 2.20. The lowest BCUT2D eigenvalue weighted by Gasteiger charge is -2.11. The second kappa shape index (κ2) is 8.71. The molecule has 2 amide bonds. The summed E-state index contributed by atoms with van der Waals surface area (Å²) in [5.41, 5.74) is 2.24. The first-order chi connectivity index (χ1) is 13.1. The molecule has 138 valence electrons. The molecule has 0 saturated heterocycles. The molecule has 1 aromatic heterocycles. The molecule has 0 spiro atoms. The van der Waals surface area contributed by atoms with Crippen LogP contribution in [0.2, 0.25) is 0 Å². The molecule has 6 nitrogen and oxygen atoms in total. The Morgan fingerprint density at radius 1 is 0.852 bits per heavy atom. The van der Waals surface area contributed by atoms with Gasteiger partial charge in [-0.15, -0.1) is 0 Å². The van der Waals surface area contributed by atoms with E-state index in [4.69, 9.17) is 4.74 Å². The Bertz CT molecular complexity index is 863. The van der Waals surface area contributed by atoms with Crippen molar-refractivity contribution in [1.82, 2.24) is 4.98 Å². The molecule has 0 saturated carbocycles. The first-order valence-corrected chi connectivity index (χ1v) is 8.71. The molecule has 0 radical (unpaired) electrons. The van der Waals surface area contributed by atoms with E-state index in [1.54, 1.807) is 18.3 Å². The van der Waals surface area contributed by atoms with Crippen molar-refractivity contribution >= 4 is 28.9 Å². The van der Waals surface area contributed by atoms with Crippen molar-refractivity contribution in [3.63, 3.8) is 0 Å². The largest absolute Gasteiger partial charge is 0.491 e. The van der Waals surface area contributed by atoms with Gasteiger partial charge >= 0.3 is 6.03 Å². The van der Waals surface area contributed by atoms with Crippen molar-refractivity contribution in [3.05, 3.63) is 72.9 Å². The zero-order valence-electron chi connectivity index (χ0n) is 15.3. The number of carbonyl (C=O) groups is 1. The van der Waals surface area contributed by atoms with Gasteiger partial charge in [0, 0.05) is 11.4 Å². The SMILES string of the molecule is CC(C)Oc1ccc(Nc2ccc(NC(=O)Nc3ccccc3)cn2)cc1. The predicted molar refractivity (Wildman–Crippen MR) is 109 cm³/mol. The third kappa shape index (κ3) is 5.74. The minimum atomic E-state index is -0.315. The van der Waals surface area contributed by atoms with Gasteiger partial charge in [-0.3, -0.25) is 0 Å². The second-order valence-corrected chi connectivity index (χ2v) is 6.19. The normalized spacial score (nSPS) is 10.3. The van der Waals surface area contributed by atoms with E-state index < -0.39 is 0 Å². The third-order valence-corrected chi connectivity index (χ3v) is 3.55. The number of carbonyl (C=O) groups excluding carboxylic acids is 1. The molecule has 2 aromatic carbocycles. The summed E-state index contributed by atoms with van der Waals surface area (Å²) < 4.78 is 5.63. The highest BCUT2D eigenvalue weighted by Gasteiger charge is 2.04. The molecular formula is C21H22N4O2. The lowest BCUT2D eigenvalue weighted by molar-refractivity contribution is 0.242. The van der Waals surface area contributed by atoms with Crippen LogP contribution >= 0.6 is 0 Å². The number of anilines is 4. The van der Waals surface area contributed by atoms with Gasteiger partial charge in [-0.05, 0) is 62.4 Å². The van der Waals surface area contributed by atoms with E-state index in [0.29, 0.717) is 11.5 Å². The quantitative estimate of drug-likeness (QED) is 0.559. The summed E-state index contributed by atoms with van der Waals surface area (Å²) in [6.45, 7) is 3.98. The summed E-state index contributed by atoms with van der Waals surface area (Å²) in [6.07, 6.45) is 1.74. The van der Waals surface area contributed by atoms with Gasteiger partial charge in [0.2, 0.25) is 0 Å². The van der Waals surface area contributed by atoms with Crippen molar-refractivity contribution in [1.29, 1.82) is 0 Å². The van der Waals surface area contributed by atoms with Crippen molar-refractivity contribution < 1.29 is 9.53 Å². The molecule has 0 aliphatic heterocycles. The van der Waals surface area contributed by atoms with E-state index in [2.05, 4.69) is 20.9 Å². The van der Waals surface area contributed by atoms with Gasteiger partial charge in [0.1, 0.15) is 11.6 Å². The monoisotopic (exact) mass is 362 g/mol. The molecule has 27 heavy (non-hydrogen) atoms. The van der Waals surface area contributed by atoms with Gasteiger partial charge in [-0.1, -0.05) is 18.2 Å². The predicted octanol–water partition coefficient (Wildman–Crippen LogP) is 5.26. The highest BCUT2D eigenvalue weighted by molar-refractivity contribution is 5.99. The number of hydrogen-bond acceptors (Lipinski definition) is 4. The van der Waals surface area contributed by atoms with Crippen LogP contribution in [0.25, 0.3) is 0 Å². The molecule has 0 fully saturated rings. The zero-order chi connectivity index (χ0) is 19.1. The van der Waals surface area contributed by atoms with Gasteiger partial charge in [-0.2, -0.15) is 0 Å². The number of nitrogens with one attached hydrogen (secondary N) is 3. The Kier molecular flexibility index (Phi) is 5.89. The summed E-state index contributed by atoms with van der Waals surface area (Å²) in [7, 11) is 0. The molecule has 3 N–H and O–H groups in total. The number of amides is 2. The topological polar surface area (TPSA) is 75.3 Å². The van der Waals surface area contributed by atoms with Crippen molar-refractivity contribution in [2.24, 2.45) is 0 Å². The number of ether oxygens (including phenoxy) is 1. The number of aromatic nitrogens is 1. The van der Waals surface area contributed by atoms with Crippen LogP contribution in [-0.2, 0) is 0 Å². The summed E-state index contributed by atoms with van der Waals surface area (Å²) in [4.78, 5) is 16.3. The second-order valence-electron chi connectivity index (χ2n) is 6.19. The molecule has 0 unspecified atom stereocenters. The van der Waals surface area contributed by atoms with Crippen LogP contribution in [0.1, 0.15) is 13.8 Å². The number of rotatable bonds is 6. The number of nitrogens with zero attached hydrogens (tertiary/aromatic N) is 1. The first kappa shape index (κ1) is 18.3. The molecule has 3 aromatic rings. The Hall–Kier alpha value is -3.54. The van der Waals surface area contributed by atoms with E-state index in [9.17, 15) is 4.79 Å². The third-order valence-electron chi connectivity index (χ3n) is 3.55. The number of urea groups is 1. The number of hydrogen-bond donors (Lipinski definition) is 3. The average molecular weight is 362 g/mol. The lowest BCUT2D eigenvalue weighted by atomic mass is 10.3. The smallest absolute Gasteiger partial charge is 0.323 e. The van der Waals surface area contributed by atoms with E-state index in [-0.39, 0.29) is 12.1 Å². The standard InChI is InChI=1S/C21H22N4O2/c1-15(2)27-19-11-8-17(9-12-19)23-20-13-10-18(14-22-20)25-21(26)24-16-6-4-3-5-7-16/h3-15H,1-2H3,(H,22,23)(H2,24,25,26). The Labute approximate surface area is 158 Å². The van der Waals surface area contributed by atoms with E-state index >= 15 is 0 Å². The Morgan fingerprint density at radius 3 is 2.15 bits per heavy atom. The fraction of sp³-hybridized carbons (Fsp3) is 0.143. The van der Waals surface area contributed by atoms with Crippen LogP contribution in [0.4, 0.5) is 27.7 Å². The molecule has 0 aliphatic carbocycles. The Balaban J connectivity index is 1.54.